The third kappa shape index (κ3) is 3.58. The molecule has 0 fully saturated rings. The number of carbonyl (C=O) groups is 1. The van der Waals surface area contributed by atoms with Crippen molar-refractivity contribution in [2.24, 2.45) is 0 Å². The Morgan fingerprint density at radius 1 is 1.27 bits per heavy atom. The number of amides is 1. The molecular formula is C21H20N6O3. The zero-order valence-electron chi connectivity index (χ0n) is 16.3. The Morgan fingerprint density at radius 2 is 2.13 bits per heavy atom. The van der Waals surface area contributed by atoms with Gasteiger partial charge >= 0.3 is 0 Å². The van der Waals surface area contributed by atoms with Crippen LogP contribution >= 0.6 is 0 Å². The minimum atomic E-state index is -0.448. The number of nitrogens with zero attached hydrogens (tertiary/aromatic N) is 4. The lowest BCUT2D eigenvalue weighted by molar-refractivity contribution is 0.0934. The first-order valence-corrected chi connectivity index (χ1v) is 9.35. The van der Waals surface area contributed by atoms with Crippen molar-refractivity contribution in [1.29, 1.82) is 5.41 Å². The summed E-state index contributed by atoms with van der Waals surface area (Å²) in [4.78, 5) is 34.6. The molecule has 0 saturated carbocycles. The summed E-state index contributed by atoms with van der Waals surface area (Å²) >= 11 is 0. The number of methoxy groups -OCH3 is 1. The molecule has 9 heteroatoms. The van der Waals surface area contributed by atoms with Gasteiger partial charge in [-0.05, 0) is 29.8 Å². The Morgan fingerprint density at radius 3 is 2.90 bits per heavy atom. The van der Waals surface area contributed by atoms with E-state index < -0.39 is 5.91 Å². The number of hydrogen-bond acceptors (Lipinski definition) is 6. The molecule has 0 aromatic carbocycles. The number of hydrogen-bond donors (Lipinski definition) is 2. The van der Waals surface area contributed by atoms with Gasteiger partial charge in [0.25, 0.3) is 11.5 Å². The third-order valence-electron chi connectivity index (χ3n) is 4.72. The quantitative estimate of drug-likeness (QED) is 0.367. The lowest BCUT2D eigenvalue weighted by atomic mass is 10.1. The highest BCUT2D eigenvalue weighted by Crippen LogP contribution is 2.12. The monoisotopic (exact) mass is 404 g/mol. The standard InChI is InChI=1S/C21H20N6O3/c1-30-10-8-24-20(28)15-11-16-19(25-17-6-2-3-9-26(17)21(16)29)27(18(15)22)13-14-5-4-7-23-12-14/h2-7,9,11-12,22H,8,10,13H2,1H3,(H,24,28). The number of ether oxygens (including phenoxy) is 1. The third-order valence-corrected chi connectivity index (χ3v) is 4.72. The molecular weight excluding hydrogens is 384 g/mol. The predicted molar refractivity (Wildman–Crippen MR) is 110 cm³/mol. The highest BCUT2D eigenvalue weighted by molar-refractivity contribution is 5.96. The van der Waals surface area contributed by atoms with Crippen molar-refractivity contribution >= 4 is 22.6 Å². The van der Waals surface area contributed by atoms with Crippen LogP contribution in [0.1, 0.15) is 15.9 Å². The second-order valence-corrected chi connectivity index (χ2v) is 6.69. The molecule has 9 nitrogen and oxygen atoms in total. The maximum absolute atomic E-state index is 13.1. The van der Waals surface area contributed by atoms with E-state index in [-0.39, 0.29) is 28.5 Å². The van der Waals surface area contributed by atoms with E-state index in [9.17, 15) is 9.59 Å². The van der Waals surface area contributed by atoms with E-state index >= 15 is 0 Å². The second-order valence-electron chi connectivity index (χ2n) is 6.69. The number of aromatic nitrogens is 4. The Balaban J connectivity index is 1.97. The number of carbonyl (C=O) groups excluding carboxylic acids is 1. The molecule has 0 unspecified atom stereocenters. The fourth-order valence-electron chi connectivity index (χ4n) is 3.25. The minimum absolute atomic E-state index is 0.0338. The highest BCUT2D eigenvalue weighted by atomic mass is 16.5. The Bertz CT molecular complexity index is 1340. The number of fused-ring (bicyclic) bond motifs is 2. The summed E-state index contributed by atoms with van der Waals surface area (Å²) in [6.07, 6.45) is 4.96. The van der Waals surface area contributed by atoms with Crippen LogP contribution in [0.5, 0.6) is 0 Å². The SMILES string of the molecule is COCCNC(=O)c1cc2c(=O)n3ccccc3nc2n(Cc2cccnc2)c1=N. The van der Waals surface area contributed by atoms with Crippen LogP contribution < -0.4 is 16.4 Å². The van der Waals surface area contributed by atoms with Crippen molar-refractivity contribution in [1.82, 2.24) is 24.3 Å². The summed E-state index contributed by atoms with van der Waals surface area (Å²) < 4.78 is 7.95. The summed E-state index contributed by atoms with van der Waals surface area (Å²) in [5, 5.41) is 11.6. The summed E-state index contributed by atoms with van der Waals surface area (Å²) in [5.41, 5.74) is 1.39. The van der Waals surface area contributed by atoms with Gasteiger partial charge in [-0.25, -0.2) is 4.98 Å². The largest absolute Gasteiger partial charge is 0.383 e. The Labute approximate surface area is 171 Å². The van der Waals surface area contributed by atoms with Gasteiger partial charge in [-0.3, -0.25) is 24.4 Å². The van der Waals surface area contributed by atoms with Crippen LogP contribution in [-0.2, 0) is 11.3 Å². The first-order chi connectivity index (χ1) is 14.6. The average Bonchev–Trinajstić information content (AvgIpc) is 2.77. The predicted octanol–water partition coefficient (Wildman–Crippen LogP) is 0.948. The number of pyridine rings is 3. The Kier molecular flexibility index (Phi) is 5.36. The van der Waals surface area contributed by atoms with E-state index in [2.05, 4.69) is 15.3 Å². The van der Waals surface area contributed by atoms with Crippen LogP contribution in [0, 0.1) is 5.41 Å². The van der Waals surface area contributed by atoms with Crippen molar-refractivity contribution in [3.63, 3.8) is 0 Å². The van der Waals surface area contributed by atoms with E-state index in [0.717, 1.165) is 5.56 Å². The van der Waals surface area contributed by atoms with Crippen molar-refractivity contribution in [2.45, 2.75) is 6.54 Å². The molecule has 0 saturated heterocycles. The summed E-state index contributed by atoms with van der Waals surface area (Å²) in [7, 11) is 1.54. The molecule has 0 aliphatic heterocycles. The normalized spacial score (nSPS) is 11.1. The molecule has 4 rings (SSSR count). The van der Waals surface area contributed by atoms with Crippen LogP contribution in [-0.4, -0.2) is 45.1 Å². The van der Waals surface area contributed by atoms with Gasteiger partial charge in [-0.1, -0.05) is 12.1 Å². The topological polar surface area (TPSA) is 114 Å². The first-order valence-electron chi connectivity index (χ1n) is 9.35. The van der Waals surface area contributed by atoms with Crippen LogP contribution in [0.2, 0.25) is 0 Å². The second kappa shape index (κ2) is 8.26. The van der Waals surface area contributed by atoms with Crippen LogP contribution in [0.4, 0.5) is 0 Å². The zero-order valence-corrected chi connectivity index (χ0v) is 16.3. The van der Waals surface area contributed by atoms with E-state index in [1.165, 1.54) is 17.6 Å². The molecule has 4 aromatic heterocycles. The molecule has 152 valence electrons. The van der Waals surface area contributed by atoms with E-state index in [1.54, 1.807) is 47.4 Å². The summed E-state index contributed by atoms with van der Waals surface area (Å²) in [6, 6.07) is 10.4. The summed E-state index contributed by atoms with van der Waals surface area (Å²) in [5.74, 6) is -0.448. The van der Waals surface area contributed by atoms with Crippen LogP contribution in [0.3, 0.4) is 0 Å². The zero-order chi connectivity index (χ0) is 21.1. The van der Waals surface area contributed by atoms with Gasteiger partial charge in [0, 0.05) is 32.2 Å². The molecule has 0 atom stereocenters. The first kappa shape index (κ1) is 19.5. The van der Waals surface area contributed by atoms with Gasteiger partial charge in [0.05, 0.1) is 24.1 Å². The number of rotatable bonds is 6. The van der Waals surface area contributed by atoms with Crippen molar-refractivity contribution in [3.8, 4) is 0 Å². The molecule has 0 bridgehead atoms. The molecule has 4 heterocycles. The fraction of sp³-hybridized carbons (Fsp3) is 0.190. The molecule has 30 heavy (non-hydrogen) atoms. The average molecular weight is 404 g/mol. The minimum Gasteiger partial charge on any atom is -0.383 e. The van der Waals surface area contributed by atoms with E-state index in [1.807, 2.05) is 6.07 Å². The lowest BCUT2D eigenvalue weighted by Gasteiger charge is -2.14. The molecule has 0 aliphatic rings. The van der Waals surface area contributed by atoms with E-state index in [0.29, 0.717) is 24.4 Å². The lowest BCUT2D eigenvalue weighted by Crippen LogP contribution is -2.36. The molecule has 4 aromatic rings. The molecule has 0 aliphatic carbocycles. The van der Waals surface area contributed by atoms with Gasteiger partial charge in [0.15, 0.2) is 0 Å². The van der Waals surface area contributed by atoms with E-state index in [4.69, 9.17) is 10.1 Å². The van der Waals surface area contributed by atoms with Crippen molar-refractivity contribution < 1.29 is 9.53 Å². The van der Waals surface area contributed by atoms with Gasteiger partial charge in [-0.2, -0.15) is 0 Å². The molecule has 0 radical (unpaired) electrons. The highest BCUT2D eigenvalue weighted by Gasteiger charge is 2.17. The maximum Gasteiger partial charge on any atom is 0.267 e. The fourth-order valence-corrected chi connectivity index (χ4v) is 3.25. The van der Waals surface area contributed by atoms with Gasteiger partial charge in [-0.15, -0.1) is 0 Å². The number of nitrogens with one attached hydrogen (secondary N) is 2. The van der Waals surface area contributed by atoms with Gasteiger partial charge < -0.3 is 14.6 Å². The summed E-state index contributed by atoms with van der Waals surface area (Å²) in [6.45, 7) is 0.888. The van der Waals surface area contributed by atoms with Crippen LogP contribution in [0.15, 0.2) is 59.8 Å². The smallest absolute Gasteiger partial charge is 0.267 e. The van der Waals surface area contributed by atoms with Crippen molar-refractivity contribution in [3.05, 3.63) is 82.0 Å². The molecule has 0 spiro atoms. The molecule has 2 N–H and O–H groups in total. The molecule has 1 amide bonds. The maximum atomic E-state index is 13.1. The van der Waals surface area contributed by atoms with Gasteiger partial charge in [0.2, 0.25) is 0 Å². The van der Waals surface area contributed by atoms with Gasteiger partial charge in [0.1, 0.15) is 16.8 Å². The van der Waals surface area contributed by atoms with Crippen molar-refractivity contribution in [2.75, 3.05) is 20.3 Å². The van der Waals surface area contributed by atoms with Crippen LogP contribution in [0.25, 0.3) is 16.7 Å². The Hall–Kier alpha value is -3.85.